The fourth-order valence-electron chi connectivity index (χ4n) is 3.40. The number of ether oxygens (including phenoxy) is 1. The van der Waals surface area contributed by atoms with Gasteiger partial charge in [0.15, 0.2) is 0 Å². The molecular weight excluding hydrogens is 346 g/mol. The summed E-state index contributed by atoms with van der Waals surface area (Å²) in [5, 5.41) is 11.5. The highest BCUT2D eigenvalue weighted by atomic mass is 32.2. The van der Waals surface area contributed by atoms with Gasteiger partial charge in [0.2, 0.25) is 10.0 Å². The Balaban J connectivity index is 1.94. The first-order valence-electron chi connectivity index (χ1n) is 8.51. The minimum atomic E-state index is -3.71. The summed E-state index contributed by atoms with van der Waals surface area (Å²) in [4.78, 5) is 12.9. The van der Waals surface area contributed by atoms with Gasteiger partial charge in [-0.15, -0.1) is 0 Å². The zero-order chi connectivity index (χ0) is 18.0. The molecule has 2 saturated heterocycles. The molecule has 1 aromatic carbocycles. The van der Waals surface area contributed by atoms with Gasteiger partial charge >= 0.3 is 0 Å². The van der Waals surface area contributed by atoms with E-state index in [4.69, 9.17) is 4.74 Å². The van der Waals surface area contributed by atoms with Gasteiger partial charge in [-0.1, -0.05) is 6.92 Å². The van der Waals surface area contributed by atoms with Crippen molar-refractivity contribution in [2.24, 2.45) is 5.92 Å². The van der Waals surface area contributed by atoms with E-state index in [1.807, 2.05) is 11.8 Å². The molecule has 0 amide bonds. The summed E-state index contributed by atoms with van der Waals surface area (Å²) in [5.74, 6) is 0.297. The summed E-state index contributed by atoms with van der Waals surface area (Å²) in [7, 11) is -3.71. The topological polar surface area (TPSA) is 93.0 Å². The third-order valence-corrected chi connectivity index (χ3v) is 6.61. The smallest absolute Gasteiger partial charge is 0.293 e. The van der Waals surface area contributed by atoms with E-state index in [-0.39, 0.29) is 10.6 Å². The maximum atomic E-state index is 12.9. The van der Waals surface area contributed by atoms with Crippen molar-refractivity contribution in [3.8, 4) is 0 Å². The summed E-state index contributed by atoms with van der Waals surface area (Å²) in [6, 6.07) is 4.22. The third-order valence-electron chi connectivity index (χ3n) is 4.75. The van der Waals surface area contributed by atoms with Crippen LogP contribution in [-0.4, -0.2) is 57.0 Å². The quantitative estimate of drug-likeness (QED) is 0.594. The van der Waals surface area contributed by atoms with Crippen molar-refractivity contribution in [3.05, 3.63) is 28.3 Å². The number of benzene rings is 1. The molecule has 1 atom stereocenters. The summed E-state index contributed by atoms with van der Waals surface area (Å²) < 4.78 is 32.4. The fourth-order valence-corrected chi connectivity index (χ4v) is 5.01. The second kappa shape index (κ2) is 7.27. The van der Waals surface area contributed by atoms with Gasteiger partial charge in [0, 0.05) is 32.2 Å². The van der Waals surface area contributed by atoms with E-state index in [1.165, 1.54) is 16.4 Å². The molecule has 1 aromatic rings. The highest BCUT2D eigenvalue weighted by Gasteiger charge is 2.31. The number of nitro groups is 1. The molecule has 2 heterocycles. The molecule has 25 heavy (non-hydrogen) atoms. The molecule has 2 fully saturated rings. The molecule has 0 N–H and O–H groups in total. The predicted octanol–water partition coefficient (Wildman–Crippen LogP) is 1.85. The van der Waals surface area contributed by atoms with E-state index in [1.54, 1.807) is 6.07 Å². The highest BCUT2D eigenvalue weighted by Crippen LogP contribution is 2.33. The van der Waals surface area contributed by atoms with Gasteiger partial charge in [-0.25, -0.2) is 8.42 Å². The van der Waals surface area contributed by atoms with Crippen LogP contribution in [0.2, 0.25) is 0 Å². The number of morpholine rings is 1. The summed E-state index contributed by atoms with van der Waals surface area (Å²) in [5.41, 5.74) is 0.271. The lowest BCUT2D eigenvalue weighted by Gasteiger charge is -2.30. The van der Waals surface area contributed by atoms with Crippen molar-refractivity contribution in [1.82, 2.24) is 4.31 Å². The number of sulfonamides is 1. The van der Waals surface area contributed by atoms with Crippen LogP contribution in [-0.2, 0) is 14.8 Å². The summed E-state index contributed by atoms with van der Waals surface area (Å²) >= 11 is 0. The Labute approximate surface area is 147 Å². The third kappa shape index (κ3) is 3.78. The molecule has 0 radical (unpaired) electrons. The standard InChI is InChI=1S/C16H23N3O5S/c1-13-3-2-6-18(12-13)25(22,23)14-4-5-15(16(11-14)19(20)21)17-7-9-24-10-8-17/h4-5,11,13H,2-3,6-10,12H2,1H3/t13-/m1/s1. The molecule has 0 aliphatic carbocycles. The van der Waals surface area contributed by atoms with Crippen LogP contribution in [0.25, 0.3) is 0 Å². The van der Waals surface area contributed by atoms with Crippen molar-refractivity contribution in [3.63, 3.8) is 0 Å². The molecule has 8 nitrogen and oxygen atoms in total. The number of hydrogen-bond donors (Lipinski definition) is 0. The van der Waals surface area contributed by atoms with Crippen LogP contribution in [0.5, 0.6) is 0 Å². The molecule has 0 saturated carbocycles. The van der Waals surface area contributed by atoms with Gasteiger partial charge in [0.1, 0.15) is 5.69 Å². The lowest BCUT2D eigenvalue weighted by atomic mass is 10.0. The van der Waals surface area contributed by atoms with E-state index < -0.39 is 14.9 Å². The molecule has 3 rings (SSSR count). The van der Waals surface area contributed by atoms with E-state index in [9.17, 15) is 18.5 Å². The molecule has 138 valence electrons. The molecule has 2 aliphatic rings. The zero-order valence-electron chi connectivity index (χ0n) is 14.3. The maximum absolute atomic E-state index is 12.9. The van der Waals surface area contributed by atoms with Crippen LogP contribution in [0.15, 0.2) is 23.1 Å². The van der Waals surface area contributed by atoms with E-state index in [0.717, 1.165) is 12.8 Å². The fraction of sp³-hybridized carbons (Fsp3) is 0.625. The normalized spacial score (nSPS) is 22.8. The summed E-state index contributed by atoms with van der Waals surface area (Å²) in [6.07, 6.45) is 1.82. The average molecular weight is 369 g/mol. The van der Waals surface area contributed by atoms with Gasteiger partial charge in [-0.3, -0.25) is 10.1 Å². The van der Waals surface area contributed by atoms with Crippen molar-refractivity contribution >= 4 is 21.4 Å². The second-order valence-electron chi connectivity index (χ2n) is 6.62. The Hall–Kier alpha value is -1.71. The lowest BCUT2D eigenvalue weighted by Crippen LogP contribution is -2.39. The monoisotopic (exact) mass is 369 g/mol. The first-order valence-corrected chi connectivity index (χ1v) is 9.95. The van der Waals surface area contributed by atoms with Crippen LogP contribution >= 0.6 is 0 Å². The Morgan fingerprint density at radius 1 is 1.24 bits per heavy atom. The number of anilines is 1. The minimum Gasteiger partial charge on any atom is -0.378 e. The van der Waals surface area contributed by atoms with Gasteiger partial charge in [0.05, 0.1) is 23.0 Å². The van der Waals surface area contributed by atoms with Gasteiger partial charge < -0.3 is 9.64 Å². The van der Waals surface area contributed by atoms with Gasteiger partial charge in [0.25, 0.3) is 5.69 Å². The van der Waals surface area contributed by atoms with Crippen molar-refractivity contribution in [1.29, 1.82) is 0 Å². The lowest BCUT2D eigenvalue weighted by molar-refractivity contribution is -0.384. The average Bonchev–Trinajstić information content (AvgIpc) is 2.62. The number of piperidine rings is 1. The van der Waals surface area contributed by atoms with Crippen LogP contribution in [0.1, 0.15) is 19.8 Å². The molecular formula is C16H23N3O5S. The SMILES string of the molecule is C[C@@H]1CCCN(S(=O)(=O)c2ccc(N3CCOCC3)c([N+](=O)[O-])c2)C1. The summed E-state index contributed by atoms with van der Waals surface area (Å²) in [6.45, 7) is 5.05. The molecule has 0 bridgehead atoms. The number of hydrogen-bond acceptors (Lipinski definition) is 6. The van der Waals surface area contributed by atoms with E-state index >= 15 is 0 Å². The predicted molar refractivity (Wildman–Crippen MR) is 93.3 cm³/mol. The zero-order valence-corrected chi connectivity index (χ0v) is 15.1. The Bertz CT molecular complexity index is 746. The first kappa shape index (κ1) is 18.1. The number of nitro benzene ring substituents is 1. The van der Waals surface area contributed by atoms with Crippen LogP contribution in [0.3, 0.4) is 0 Å². The minimum absolute atomic E-state index is 0.00897. The van der Waals surface area contributed by atoms with Crippen LogP contribution in [0.4, 0.5) is 11.4 Å². The molecule has 9 heteroatoms. The molecule has 2 aliphatic heterocycles. The van der Waals surface area contributed by atoms with Crippen LogP contribution in [0, 0.1) is 16.0 Å². The molecule has 0 aromatic heterocycles. The highest BCUT2D eigenvalue weighted by molar-refractivity contribution is 7.89. The number of rotatable bonds is 4. The van der Waals surface area contributed by atoms with E-state index in [0.29, 0.717) is 51.0 Å². The second-order valence-corrected chi connectivity index (χ2v) is 8.56. The Morgan fingerprint density at radius 3 is 2.60 bits per heavy atom. The Morgan fingerprint density at radius 2 is 1.96 bits per heavy atom. The molecule has 0 spiro atoms. The Kier molecular flexibility index (Phi) is 5.26. The maximum Gasteiger partial charge on any atom is 0.293 e. The van der Waals surface area contributed by atoms with Gasteiger partial charge in [-0.2, -0.15) is 4.31 Å². The van der Waals surface area contributed by atoms with E-state index in [2.05, 4.69) is 0 Å². The van der Waals surface area contributed by atoms with Gasteiger partial charge in [-0.05, 0) is 30.9 Å². The first-order chi connectivity index (χ1) is 11.9. The van der Waals surface area contributed by atoms with Crippen molar-refractivity contribution in [2.75, 3.05) is 44.3 Å². The van der Waals surface area contributed by atoms with Crippen molar-refractivity contribution in [2.45, 2.75) is 24.7 Å². The van der Waals surface area contributed by atoms with Crippen molar-refractivity contribution < 1.29 is 18.1 Å². The largest absolute Gasteiger partial charge is 0.378 e. The molecule has 0 unspecified atom stereocenters. The number of nitrogens with zero attached hydrogens (tertiary/aromatic N) is 3. The van der Waals surface area contributed by atoms with Crippen LogP contribution < -0.4 is 4.90 Å².